The Labute approximate surface area is 184 Å². The third-order valence-corrected chi connectivity index (χ3v) is 6.21. The van der Waals surface area contributed by atoms with Gasteiger partial charge in [-0.05, 0) is 61.0 Å². The van der Waals surface area contributed by atoms with Gasteiger partial charge in [-0.25, -0.2) is 8.42 Å². The number of hydrogen-bond acceptors (Lipinski definition) is 4. The average Bonchev–Trinajstić information content (AvgIpc) is 2.71. The van der Waals surface area contributed by atoms with Crippen LogP contribution < -0.4 is 14.8 Å². The van der Waals surface area contributed by atoms with E-state index in [9.17, 15) is 13.2 Å². The average molecular weight is 465 g/mol. The van der Waals surface area contributed by atoms with E-state index < -0.39 is 15.9 Å². The van der Waals surface area contributed by atoms with Crippen molar-refractivity contribution in [2.24, 2.45) is 0 Å². The molecule has 6 nitrogen and oxygen atoms in total. The molecular formula is C21H18Cl2N2O4S. The Hall–Kier alpha value is -2.74. The first kappa shape index (κ1) is 22.0. The Morgan fingerprint density at radius 1 is 0.967 bits per heavy atom. The number of halogens is 2. The van der Waals surface area contributed by atoms with Crippen LogP contribution in [0.1, 0.15) is 5.56 Å². The van der Waals surface area contributed by atoms with Gasteiger partial charge in [0.2, 0.25) is 0 Å². The summed E-state index contributed by atoms with van der Waals surface area (Å²) in [5.74, 6) is -0.0423. The molecule has 0 bridgehead atoms. The van der Waals surface area contributed by atoms with E-state index >= 15 is 0 Å². The predicted octanol–water partition coefficient (Wildman–Crippen LogP) is 5.12. The van der Waals surface area contributed by atoms with Gasteiger partial charge < -0.3 is 10.1 Å². The quantitative estimate of drug-likeness (QED) is 0.507. The summed E-state index contributed by atoms with van der Waals surface area (Å²) >= 11 is 12.0. The van der Waals surface area contributed by atoms with Crippen molar-refractivity contribution < 1.29 is 17.9 Å². The van der Waals surface area contributed by atoms with E-state index in [1.807, 2.05) is 6.92 Å². The number of sulfonamides is 1. The second-order valence-corrected chi connectivity index (χ2v) is 8.85. The number of amides is 1. The molecule has 0 heterocycles. The minimum atomic E-state index is -3.79. The summed E-state index contributed by atoms with van der Waals surface area (Å²) in [5.41, 5.74) is 1.69. The van der Waals surface area contributed by atoms with Crippen molar-refractivity contribution >= 4 is 50.5 Å². The lowest BCUT2D eigenvalue weighted by molar-refractivity contribution is -0.118. The molecule has 9 heteroatoms. The lowest BCUT2D eigenvalue weighted by Crippen LogP contribution is -2.20. The third-order valence-electron chi connectivity index (χ3n) is 4.08. The summed E-state index contributed by atoms with van der Waals surface area (Å²) in [7, 11) is -3.79. The third kappa shape index (κ3) is 5.66. The Morgan fingerprint density at radius 2 is 1.67 bits per heavy atom. The van der Waals surface area contributed by atoms with Gasteiger partial charge in [-0.3, -0.25) is 9.52 Å². The number of rotatable bonds is 7. The normalized spacial score (nSPS) is 11.0. The highest BCUT2D eigenvalue weighted by Crippen LogP contribution is 2.24. The van der Waals surface area contributed by atoms with Crippen LogP contribution in [0.4, 0.5) is 11.4 Å². The highest BCUT2D eigenvalue weighted by Gasteiger charge is 2.15. The van der Waals surface area contributed by atoms with Crippen molar-refractivity contribution in [2.75, 3.05) is 16.6 Å². The van der Waals surface area contributed by atoms with Crippen LogP contribution in [0.5, 0.6) is 5.75 Å². The van der Waals surface area contributed by atoms with Gasteiger partial charge in [0.1, 0.15) is 5.75 Å². The van der Waals surface area contributed by atoms with Gasteiger partial charge in [-0.2, -0.15) is 0 Å². The van der Waals surface area contributed by atoms with Crippen LogP contribution in [0.15, 0.2) is 71.6 Å². The fourth-order valence-corrected chi connectivity index (χ4v) is 3.90. The summed E-state index contributed by atoms with van der Waals surface area (Å²) < 4.78 is 33.0. The van der Waals surface area contributed by atoms with E-state index in [0.717, 1.165) is 5.56 Å². The number of ether oxygens (including phenoxy) is 1. The zero-order valence-electron chi connectivity index (χ0n) is 15.9. The number of aryl methyl sites for hydroxylation is 1. The molecule has 0 saturated carbocycles. The predicted molar refractivity (Wildman–Crippen MR) is 119 cm³/mol. The summed E-state index contributed by atoms with van der Waals surface area (Å²) in [5, 5.41) is 3.53. The number of para-hydroxylation sites is 1. The van der Waals surface area contributed by atoms with E-state index in [4.69, 9.17) is 27.9 Å². The van der Waals surface area contributed by atoms with Crippen molar-refractivity contribution in [3.05, 3.63) is 82.3 Å². The zero-order valence-corrected chi connectivity index (χ0v) is 18.2. The van der Waals surface area contributed by atoms with E-state index in [1.54, 1.807) is 42.5 Å². The molecule has 30 heavy (non-hydrogen) atoms. The van der Waals surface area contributed by atoms with Crippen LogP contribution in [0.3, 0.4) is 0 Å². The Morgan fingerprint density at radius 3 is 2.33 bits per heavy atom. The van der Waals surface area contributed by atoms with Gasteiger partial charge in [-0.1, -0.05) is 41.4 Å². The highest BCUT2D eigenvalue weighted by atomic mass is 35.5. The molecule has 0 unspecified atom stereocenters. The van der Waals surface area contributed by atoms with Gasteiger partial charge in [0.05, 0.1) is 21.3 Å². The zero-order chi connectivity index (χ0) is 21.7. The Bertz CT molecular complexity index is 1170. The van der Waals surface area contributed by atoms with Crippen LogP contribution in [-0.2, 0) is 14.8 Å². The molecule has 0 fully saturated rings. The number of carbonyl (C=O) groups excluding carboxylic acids is 1. The fraction of sp³-hybridized carbons (Fsp3) is 0.0952. The molecule has 156 valence electrons. The van der Waals surface area contributed by atoms with Gasteiger partial charge in [-0.15, -0.1) is 0 Å². The SMILES string of the molecule is Cc1ccc(NS(=O)(=O)c2ccc(OCC(=O)Nc3ccccc3Cl)cc2)cc1Cl. The molecule has 3 aromatic rings. The molecule has 0 spiro atoms. The monoisotopic (exact) mass is 464 g/mol. The fourth-order valence-electron chi connectivity index (χ4n) is 2.48. The van der Waals surface area contributed by atoms with Crippen molar-refractivity contribution in [1.29, 1.82) is 0 Å². The maximum Gasteiger partial charge on any atom is 0.262 e. The number of hydrogen-bond donors (Lipinski definition) is 2. The molecule has 0 radical (unpaired) electrons. The molecule has 0 saturated heterocycles. The maximum absolute atomic E-state index is 12.5. The van der Waals surface area contributed by atoms with Crippen LogP contribution in [0.2, 0.25) is 10.0 Å². The van der Waals surface area contributed by atoms with Crippen molar-refractivity contribution in [1.82, 2.24) is 0 Å². The molecule has 0 aliphatic rings. The summed E-state index contributed by atoms with van der Waals surface area (Å²) in [6.45, 7) is 1.57. The summed E-state index contributed by atoms with van der Waals surface area (Å²) in [4.78, 5) is 12.1. The van der Waals surface area contributed by atoms with Gasteiger partial charge in [0, 0.05) is 5.02 Å². The van der Waals surface area contributed by atoms with Crippen molar-refractivity contribution in [2.45, 2.75) is 11.8 Å². The lowest BCUT2D eigenvalue weighted by Gasteiger charge is -2.11. The lowest BCUT2D eigenvalue weighted by atomic mass is 10.2. The topological polar surface area (TPSA) is 84.5 Å². The number of nitrogens with one attached hydrogen (secondary N) is 2. The first-order valence-electron chi connectivity index (χ1n) is 8.81. The molecule has 3 rings (SSSR count). The minimum absolute atomic E-state index is 0.0482. The summed E-state index contributed by atoms with van der Waals surface area (Å²) in [6, 6.07) is 17.5. The highest BCUT2D eigenvalue weighted by molar-refractivity contribution is 7.92. The second-order valence-electron chi connectivity index (χ2n) is 6.36. The molecule has 3 aromatic carbocycles. The van der Waals surface area contributed by atoms with E-state index in [0.29, 0.717) is 27.2 Å². The first-order valence-corrected chi connectivity index (χ1v) is 11.0. The number of anilines is 2. The molecular weight excluding hydrogens is 447 g/mol. The van der Waals surface area contributed by atoms with Gasteiger partial charge in [0.15, 0.2) is 6.61 Å². The summed E-state index contributed by atoms with van der Waals surface area (Å²) in [6.07, 6.45) is 0. The molecule has 0 aromatic heterocycles. The first-order chi connectivity index (χ1) is 14.2. The number of carbonyl (C=O) groups is 1. The molecule has 1 amide bonds. The standard InChI is InChI=1S/C21H18Cl2N2O4S/c1-14-6-7-15(12-19(14)23)25-30(27,28)17-10-8-16(9-11-17)29-13-21(26)24-20-5-3-2-4-18(20)22/h2-12,25H,13H2,1H3,(H,24,26). The largest absolute Gasteiger partial charge is 0.484 e. The van der Waals surface area contributed by atoms with Gasteiger partial charge >= 0.3 is 0 Å². The van der Waals surface area contributed by atoms with Crippen LogP contribution >= 0.6 is 23.2 Å². The molecule has 0 atom stereocenters. The second kappa shape index (κ2) is 9.38. The van der Waals surface area contributed by atoms with Crippen LogP contribution in [0, 0.1) is 6.92 Å². The van der Waals surface area contributed by atoms with Crippen molar-refractivity contribution in [3.8, 4) is 5.75 Å². The molecule has 0 aliphatic carbocycles. The van der Waals surface area contributed by atoms with E-state index in [-0.39, 0.29) is 11.5 Å². The van der Waals surface area contributed by atoms with Gasteiger partial charge in [0.25, 0.3) is 15.9 Å². The smallest absolute Gasteiger partial charge is 0.262 e. The molecule has 2 N–H and O–H groups in total. The molecule has 0 aliphatic heterocycles. The van der Waals surface area contributed by atoms with E-state index in [2.05, 4.69) is 10.0 Å². The van der Waals surface area contributed by atoms with Crippen LogP contribution in [0.25, 0.3) is 0 Å². The maximum atomic E-state index is 12.5. The number of benzene rings is 3. The Balaban J connectivity index is 1.60. The van der Waals surface area contributed by atoms with Crippen LogP contribution in [-0.4, -0.2) is 20.9 Å². The Kier molecular flexibility index (Phi) is 6.87. The van der Waals surface area contributed by atoms with Crippen molar-refractivity contribution in [3.63, 3.8) is 0 Å². The van der Waals surface area contributed by atoms with E-state index in [1.165, 1.54) is 24.3 Å². The minimum Gasteiger partial charge on any atom is -0.484 e.